The van der Waals surface area contributed by atoms with Crippen molar-refractivity contribution in [3.8, 4) is 11.5 Å². The number of fused-ring (bicyclic) bond motifs is 1. The number of ether oxygens (including phenoxy) is 1. The highest BCUT2D eigenvalue weighted by molar-refractivity contribution is 5.49. The van der Waals surface area contributed by atoms with Gasteiger partial charge in [0, 0.05) is 12.1 Å². The molecule has 0 fully saturated rings. The maximum Gasteiger partial charge on any atom is 0.121 e. The summed E-state index contributed by atoms with van der Waals surface area (Å²) in [5.74, 6) is 1.20. The Morgan fingerprint density at radius 2 is 1.94 bits per heavy atom. The van der Waals surface area contributed by atoms with Crippen LogP contribution in [0, 0.1) is 0 Å². The van der Waals surface area contributed by atoms with Gasteiger partial charge in [0.1, 0.15) is 11.5 Å². The summed E-state index contributed by atoms with van der Waals surface area (Å²) in [6.07, 6.45) is 0. The first-order valence-corrected chi connectivity index (χ1v) is 5.97. The summed E-state index contributed by atoms with van der Waals surface area (Å²) in [5.41, 5.74) is 3.29. The van der Waals surface area contributed by atoms with Crippen molar-refractivity contribution in [3.05, 3.63) is 59.2 Å². The Balaban J connectivity index is 2.00. The Bertz CT molecular complexity index is 563. The van der Waals surface area contributed by atoms with Gasteiger partial charge in [0.25, 0.3) is 0 Å². The van der Waals surface area contributed by atoms with Crippen molar-refractivity contribution in [1.82, 2.24) is 5.32 Å². The maximum atomic E-state index is 10.00. The third-order valence-electron chi connectivity index (χ3n) is 3.41. The van der Waals surface area contributed by atoms with Crippen molar-refractivity contribution >= 4 is 0 Å². The summed E-state index contributed by atoms with van der Waals surface area (Å²) >= 11 is 0. The minimum absolute atomic E-state index is 0.0621. The van der Waals surface area contributed by atoms with Gasteiger partial charge in [-0.15, -0.1) is 0 Å². The zero-order valence-corrected chi connectivity index (χ0v) is 10.2. The predicted molar refractivity (Wildman–Crippen MR) is 69.8 cm³/mol. The summed E-state index contributed by atoms with van der Waals surface area (Å²) in [4.78, 5) is 0. The van der Waals surface area contributed by atoms with Gasteiger partial charge >= 0.3 is 0 Å². The lowest BCUT2D eigenvalue weighted by Gasteiger charge is -2.14. The van der Waals surface area contributed by atoms with Crippen LogP contribution in [0.5, 0.6) is 11.5 Å². The minimum Gasteiger partial charge on any atom is -0.508 e. The largest absolute Gasteiger partial charge is 0.508 e. The molecule has 0 saturated heterocycles. The van der Waals surface area contributed by atoms with Crippen molar-refractivity contribution in [2.45, 2.75) is 12.6 Å². The van der Waals surface area contributed by atoms with Crippen LogP contribution in [0.2, 0.25) is 0 Å². The Labute approximate surface area is 106 Å². The molecule has 18 heavy (non-hydrogen) atoms. The molecule has 0 amide bonds. The molecule has 2 aromatic carbocycles. The molecule has 0 saturated carbocycles. The standard InChI is InChI=1S/C15H15NO2/c1-18-12-7-5-10(6-8-12)15-14-11(9-16-15)3-2-4-13(14)17/h2-8,15-17H,9H2,1H3. The molecule has 3 rings (SSSR count). The number of aromatic hydroxyl groups is 1. The van der Waals surface area contributed by atoms with E-state index in [2.05, 4.69) is 5.32 Å². The summed E-state index contributed by atoms with van der Waals surface area (Å²) in [6.45, 7) is 0.792. The molecule has 1 unspecified atom stereocenters. The highest BCUT2D eigenvalue weighted by Gasteiger charge is 2.25. The van der Waals surface area contributed by atoms with Gasteiger partial charge < -0.3 is 15.2 Å². The van der Waals surface area contributed by atoms with E-state index in [1.54, 1.807) is 13.2 Å². The van der Waals surface area contributed by atoms with Gasteiger partial charge in [0.15, 0.2) is 0 Å². The van der Waals surface area contributed by atoms with Gasteiger partial charge in [-0.25, -0.2) is 0 Å². The van der Waals surface area contributed by atoms with Crippen LogP contribution in [-0.4, -0.2) is 12.2 Å². The van der Waals surface area contributed by atoms with Crippen molar-refractivity contribution in [1.29, 1.82) is 0 Å². The van der Waals surface area contributed by atoms with Gasteiger partial charge in [0.2, 0.25) is 0 Å². The number of nitrogens with one attached hydrogen (secondary N) is 1. The minimum atomic E-state index is 0.0621. The monoisotopic (exact) mass is 241 g/mol. The average molecular weight is 241 g/mol. The van der Waals surface area contributed by atoms with Crippen molar-refractivity contribution in [2.75, 3.05) is 7.11 Å². The van der Waals surface area contributed by atoms with E-state index in [-0.39, 0.29) is 6.04 Å². The van der Waals surface area contributed by atoms with Crippen molar-refractivity contribution < 1.29 is 9.84 Å². The summed E-state index contributed by atoms with van der Waals surface area (Å²) in [7, 11) is 1.66. The molecule has 0 aromatic heterocycles. The zero-order valence-electron chi connectivity index (χ0n) is 10.2. The number of benzene rings is 2. The first-order valence-electron chi connectivity index (χ1n) is 5.97. The van der Waals surface area contributed by atoms with Gasteiger partial charge in [0.05, 0.1) is 13.2 Å². The molecule has 1 heterocycles. The Kier molecular flexibility index (Phi) is 2.68. The Morgan fingerprint density at radius 1 is 1.17 bits per heavy atom. The Morgan fingerprint density at radius 3 is 2.67 bits per heavy atom. The van der Waals surface area contributed by atoms with Crippen LogP contribution in [-0.2, 0) is 6.54 Å². The van der Waals surface area contributed by atoms with Gasteiger partial charge in [-0.2, -0.15) is 0 Å². The fourth-order valence-corrected chi connectivity index (χ4v) is 2.48. The number of hydrogen-bond donors (Lipinski definition) is 2. The lowest BCUT2D eigenvalue weighted by atomic mass is 9.97. The lowest BCUT2D eigenvalue weighted by molar-refractivity contribution is 0.414. The second kappa shape index (κ2) is 4.35. The van der Waals surface area contributed by atoms with E-state index in [1.807, 2.05) is 36.4 Å². The molecule has 2 N–H and O–H groups in total. The summed E-state index contributed by atoms with van der Waals surface area (Å²) in [5, 5.41) is 13.4. The second-order valence-electron chi connectivity index (χ2n) is 4.44. The molecule has 0 bridgehead atoms. The van der Waals surface area contributed by atoms with Crippen LogP contribution in [0.3, 0.4) is 0 Å². The molecular formula is C15H15NO2. The quantitative estimate of drug-likeness (QED) is 0.849. The second-order valence-corrected chi connectivity index (χ2v) is 4.44. The number of phenolic OH excluding ortho intramolecular Hbond substituents is 1. The van der Waals surface area contributed by atoms with E-state index in [9.17, 15) is 5.11 Å². The molecule has 2 aromatic rings. The smallest absolute Gasteiger partial charge is 0.121 e. The normalized spacial score (nSPS) is 17.5. The number of rotatable bonds is 2. The third-order valence-corrected chi connectivity index (χ3v) is 3.41. The van der Waals surface area contributed by atoms with E-state index in [0.29, 0.717) is 5.75 Å². The van der Waals surface area contributed by atoms with Crippen LogP contribution < -0.4 is 10.1 Å². The predicted octanol–water partition coefficient (Wildman–Crippen LogP) is 2.59. The molecule has 3 nitrogen and oxygen atoms in total. The number of methoxy groups -OCH3 is 1. The molecular weight excluding hydrogens is 226 g/mol. The zero-order chi connectivity index (χ0) is 12.5. The third kappa shape index (κ3) is 1.73. The molecule has 1 aliphatic heterocycles. The first kappa shape index (κ1) is 11.1. The SMILES string of the molecule is COc1ccc(C2NCc3cccc(O)c32)cc1. The molecule has 3 heteroatoms. The van der Waals surface area contributed by atoms with Crippen LogP contribution in [0.4, 0.5) is 0 Å². The topological polar surface area (TPSA) is 41.5 Å². The summed E-state index contributed by atoms with van der Waals surface area (Å²) < 4.78 is 5.16. The molecule has 0 spiro atoms. The van der Waals surface area contributed by atoms with Gasteiger partial charge in [-0.1, -0.05) is 24.3 Å². The van der Waals surface area contributed by atoms with Crippen LogP contribution in [0.1, 0.15) is 22.7 Å². The van der Waals surface area contributed by atoms with E-state index in [4.69, 9.17) is 4.74 Å². The molecule has 0 aliphatic carbocycles. The first-order chi connectivity index (χ1) is 8.79. The molecule has 0 radical (unpaired) electrons. The maximum absolute atomic E-state index is 10.00. The number of phenols is 1. The van der Waals surface area contributed by atoms with E-state index < -0.39 is 0 Å². The van der Waals surface area contributed by atoms with Crippen molar-refractivity contribution in [3.63, 3.8) is 0 Å². The van der Waals surface area contributed by atoms with E-state index in [1.165, 1.54) is 0 Å². The lowest BCUT2D eigenvalue weighted by Crippen LogP contribution is -2.13. The fourth-order valence-electron chi connectivity index (χ4n) is 2.48. The van der Waals surface area contributed by atoms with Gasteiger partial charge in [-0.3, -0.25) is 0 Å². The van der Waals surface area contributed by atoms with Crippen LogP contribution >= 0.6 is 0 Å². The Hall–Kier alpha value is -2.00. The summed E-state index contributed by atoms with van der Waals surface area (Å²) in [6, 6.07) is 13.7. The molecule has 1 aliphatic rings. The van der Waals surface area contributed by atoms with Crippen LogP contribution in [0.15, 0.2) is 42.5 Å². The highest BCUT2D eigenvalue weighted by atomic mass is 16.5. The van der Waals surface area contributed by atoms with Crippen LogP contribution in [0.25, 0.3) is 0 Å². The van der Waals surface area contributed by atoms with Crippen molar-refractivity contribution in [2.24, 2.45) is 0 Å². The average Bonchev–Trinajstić information content (AvgIpc) is 2.84. The fraction of sp³-hybridized carbons (Fsp3) is 0.200. The highest BCUT2D eigenvalue weighted by Crippen LogP contribution is 2.37. The number of hydrogen-bond acceptors (Lipinski definition) is 3. The molecule has 92 valence electrons. The molecule has 1 atom stereocenters. The van der Waals surface area contributed by atoms with E-state index in [0.717, 1.165) is 29.0 Å². The van der Waals surface area contributed by atoms with E-state index >= 15 is 0 Å². The van der Waals surface area contributed by atoms with Gasteiger partial charge in [-0.05, 0) is 29.3 Å².